The Balaban J connectivity index is 1.66. The standard InChI is InChI=1S/C31H34O8S/c1-21(32)35-20-27-28(38-22(2)33)29(36-19-24-14-16-25(34-3)17-15-24)30(37-18-23-10-6-4-7-11-23)31(39-27)40-26-12-8-5-9-13-26/h4-17,27-31H,18-20H2,1-3H3/t27-,28-,29+,30-,31+/m1/s1. The van der Waals surface area contributed by atoms with E-state index < -0.39 is 41.8 Å². The number of hydrogen-bond donors (Lipinski definition) is 0. The van der Waals surface area contributed by atoms with Gasteiger partial charge in [-0.2, -0.15) is 0 Å². The molecule has 0 N–H and O–H groups in total. The summed E-state index contributed by atoms with van der Waals surface area (Å²) < 4.78 is 35.8. The summed E-state index contributed by atoms with van der Waals surface area (Å²) in [5.74, 6) is -0.233. The Morgan fingerprint density at radius 3 is 1.95 bits per heavy atom. The van der Waals surface area contributed by atoms with E-state index in [2.05, 4.69) is 0 Å². The highest BCUT2D eigenvalue weighted by atomic mass is 32.2. The van der Waals surface area contributed by atoms with E-state index in [1.54, 1.807) is 7.11 Å². The molecule has 8 nitrogen and oxygen atoms in total. The van der Waals surface area contributed by atoms with E-state index in [1.807, 2.05) is 84.9 Å². The fraction of sp³-hybridized carbons (Fsp3) is 0.355. The maximum atomic E-state index is 12.2. The van der Waals surface area contributed by atoms with Gasteiger partial charge in [0, 0.05) is 18.7 Å². The van der Waals surface area contributed by atoms with E-state index in [-0.39, 0.29) is 13.2 Å². The maximum Gasteiger partial charge on any atom is 0.303 e. The summed E-state index contributed by atoms with van der Waals surface area (Å²) in [6.07, 6.45) is -3.03. The van der Waals surface area contributed by atoms with Crippen molar-refractivity contribution < 1.29 is 38.0 Å². The van der Waals surface area contributed by atoms with Crippen LogP contribution in [0.4, 0.5) is 0 Å². The van der Waals surface area contributed by atoms with Gasteiger partial charge in [0.1, 0.15) is 36.1 Å². The van der Waals surface area contributed by atoms with Crippen LogP contribution in [0.15, 0.2) is 89.8 Å². The average molecular weight is 567 g/mol. The van der Waals surface area contributed by atoms with Gasteiger partial charge in [-0.15, -0.1) is 0 Å². The fourth-order valence-corrected chi connectivity index (χ4v) is 5.47. The predicted octanol–water partition coefficient (Wildman–Crippen LogP) is 5.18. The summed E-state index contributed by atoms with van der Waals surface area (Å²) in [4.78, 5) is 24.9. The molecular formula is C31H34O8S. The van der Waals surface area contributed by atoms with Crippen LogP contribution in [0, 0.1) is 0 Å². The lowest BCUT2D eigenvalue weighted by Crippen LogP contribution is -2.60. The van der Waals surface area contributed by atoms with Crippen LogP contribution in [0.25, 0.3) is 0 Å². The van der Waals surface area contributed by atoms with Gasteiger partial charge in [0.25, 0.3) is 0 Å². The number of carbonyl (C=O) groups is 2. The zero-order valence-electron chi connectivity index (χ0n) is 22.8. The molecule has 0 amide bonds. The first kappa shape index (κ1) is 29.6. The highest BCUT2D eigenvalue weighted by molar-refractivity contribution is 7.99. The van der Waals surface area contributed by atoms with Gasteiger partial charge >= 0.3 is 11.9 Å². The van der Waals surface area contributed by atoms with Gasteiger partial charge in [-0.25, -0.2) is 0 Å². The molecule has 4 rings (SSSR count). The van der Waals surface area contributed by atoms with Crippen LogP contribution in [0.2, 0.25) is 0 Å². The first-order valence-electron chi connectivity index (χ1n) is 13.0. The number of ether oxygens (including phenoxy) is 6. The fourth-order valence-electron chi connectivity index (χ4n) is 4.32. The van der Waals surface area contributed by atoms with E-state index in [0.717, 1.165) is 21.8 Å². The monoisotopic (exact) mass is 566 g/mol. The van der Waals surface area contributed by atoms with Crippen molar-refractivity contribution >= 4 is 23.7 Å². The number of methoxy groups -OCH3 is 1. The van der Waals surface area contributed by atoms with Crippen LogP contribution in [0.1, 0.15) is 25.0 Å². The van der Waals surface area contributed by atoms with Crippen LogP contribution in [-0.4, -0.2) is 55.5 Å². The minimum Gasteiger partial charge on any atom is -0.497 e. The Bertz CT molecular complexity index is 1210. The lowest BCUT2D eigenvalue weighted by Gasteiger charge is -2.45. The lowest BCUT2D eigenvalue weighted by atomic mass is 9.99. The summed E-state index contributed by atoms with van der Waals surface area (Å²) in [5.41, 5.74) is 1.32. The first-order chi connectivity index (χ1) is 19.4. The van der Waals surface area contributed by atoms with Crippen molar-refractivity contribution in [3.8, 4) is 5.75 Å². The van der Waals surface area contributed by atoms with Gasteiger partial charge in [0.15, 0.2) is 6.10 Å². The van der Waals surface area contributed by atoms with E-state index >= 15 is 0 Å². The molecule has 5 atom stereocenters. The van der Waals surface area contributed by atoms with Crippen LogP contribution in [0.5, 0.6) is 5.75 Å². The second-order valence-electron chi connectivity index (χ2n) is 9.24. The van der Waals surface area contributed by atoms with Crippen molar-refractivity contribution in [3.05, 3.63) is 96.1 Å². The quantitative estimate of drug-likeness (QED) is 0.275. The van der Waals surface area contributed by atoms with Crippen LogP contribution < -0.4 is 4.74 Å². The minimum absolute atomic E-state index is 0.104. The summed E-state index contributed by atoms with van der Waals surface area (Å²) in [6, 6.07) is 27.1. The number of esters is 2. The Morgan fingerprint density at radius 2 is 1.35 bits per heavy atom. The summed E-state index contributed by atoms with van der Waals surface area (Å²) in [5, 5.41) is 0. The molecule has 0 spiro atoms. The molecule has 0 unspecified atom stereocenters. The molecule has 212 valence electrons. The lowest BCUT2D eigenvalue weighted by molar-refractivity contribution is -0.246. The Hall–Kier alpha value is -3.37. The van der Waals surface area contributed by atoms with Crippen molar-refractivity contribution in [1.82, 2.24) is 0 Å². The highest BCUT2D eigenvalue weighted by Crippen LogP contribution is 2.38. The second kappa shape index (κ2) is 14.9. The van der Waals surface area contributed by atoms with Gasteiger partial charge in [-0.3, -0.25) is 9.59 Å². The molecule has 0 aliphatic carbocycles. The molecule has 1 saturated heterocycles. The number of benzene rings is 3. The molecule has 3 aromatic carbocycles. The average Bonchev–Trinajstić information content (AvgIpc) is 2.96. The summed E-state index contributed by atoms with van der Waals surface area (Å²) in [6.45, 7) is 3.06. The molecular weight excluding hydrogens is 532 g/mol. The van der Waals surface area contributed by atoms with Crippen LogP contribution in [-0.2, 0) is 46.5 Å². The Morgan fingerprint density at radius 1 is 0.750 bits per heavy atom. The molecule has 0 radical (unpaired) electrons. The van der Waals surface area contributed by atoms with Crippen molar-refractivity contribution in [2.45, 2.75) is 61.8 Å². The van der Waals surface area contributed by atoms with E-state index in [4.69, 9.17) is 28.4 Å². The van der Waals surface area contributed by atoms with Crippen molar-refractivity contribution in [2.75, 3.05) is 13.7 Å². The Labute approximate surface area is 238 Å². The molecule has 1 aliphatic rings. The zero-order valence-corrected chi connectivity index (χ0v) is 23.6. The number of rotatable bonds is 12. The molecule has 40 heavy (non-hydrogen) atoms. The smallest absolute Gasteiger partial charge is 0.303 e. The van der Waals surface area contributed by atoms with E-state index in [9.17, 15) is 9.59 Å². The minimum atomic E-state index is -0.886. The van der Waals surface area contributed by atoms with Gasteiger partial charge in [-0.1, -0.05) is 72.4 Å². The molecule has 1 heterocycles. The zero-order chi connectivity index (χ0) is 28.3. The van der Waals surface area contributed by atoms with E-state index in [0.29, 0.717) is 6.61 Å². The Kier molecular flexibility index (Phi) is 11.0. The third-order valence-electron chi connectivity index (χ3n) is 6.23. The largest absolute Gasteiger partial charge is 0.497 e. The number of hydrogen-bond acceptors (Lipinski definition) is 9. The van der Waals surface area contributed by atoms with Gasteiger partial charge in [0.05, 0.1) is 20.3 Å². The molecule has 0 saturated carbocycles. The second-order valence-corrected chi connectivity index (χ2v) is 10.4. The van der Waals surface area contributed by atoms with Crippen molar-refractivity contribution in [3.63, 3.8) is 0 Å². The van der Waals surface area contributed by atoms with Gasteiger partial charge < -0.3 is 28.4 Å². The third-order valence-corrected chi connectivity index (χ3v) is 7.38. The van der Waals surface area contributed by atoms with Gasteiger partial charge in [-0.05, 0) is 35.4 Å². The van der Waals surface area contributed by atoms with Crippen molar-refractivity contribution in [2.24, 2.45) is 0 Å². The summed E-state index contributed by atoms with van der Waals surface area (Å²) in [7, 11) is 1.61. The van der Waals surface area contributed by atoms with Crippen LogP contribution >= 0.6 is 11.8 Å². The molecule has 0 aromatic heterocycles. The predicted molar refractivity (Wildman–Crippen MR) is 150 cm³/mol. The normalized spacial score (nSPS) is 22.3. The topological polar surface area (TPSA) is 89.5 Å². The van der Waals surface area contributed by atoms with Crippen molar-refractivity contribution in [1.29, 1.82) is 0 Å². The highest BCUT2D eigenvalue weighted by Gasteiger charge is 2.50. The summed E-state index contributed by atoms with van der Waals surface area (Å²) >= 11 is 1.47. The molecule has 1 aliphatic heterocycles. The third kappa shape index (κ3) is 8.56. The van der Waals surface area contributed by atoms with Crippen LogP contribution in [0.3, 0.4) is 0 Å². The van der Waals surface area contributed by atoms with E-state index in [1.165, 1.54) is 25.6 Å². The van der Waals surface area contributed by atoms with Gasteiger partial charge in [0.2, 0.25) is 0 Å². The molecule has 9 heteroatoms. The number of thioether (sulfide) groups is 1. The molecule has 1 fully saturated rings. The molecule has 0 bridgehead atoms. The molecule has 3 aromatic rings. The first-order valence-corrected chi connectivity index (χ1v) is 13.9. The number of carbonyl (C=O) groups excluding carboxylic acids is 2. The maximum absolute atomic E-state index is 12.2. The SMILES string of the molecule is COc1ccc(CO[C@@H]2[C@@H](OCc3ccccc3)[C@H](Sc3ccccc3)O[C@H](COC(C)=O)[C@H]2OC(C)=O)cc1.